The van der Waals surface area contributed by atoms with E-state index in [0.29, 0.717) is 35.9 Å². The van der Waals surface area contributed by atoms with Crippen molar-refractivity contribution in [3.8, 4) is 11.5 Å². The monoisotopic (exact) mass is 484 g/mol. The number of ketones is 1. The van der Waals surface area contributed by atoms with Gasteiger partial charge in [-0.15, -0.1) is 0 Å². The number of esters is 1. The number of halogens is 1. The highest BCUT2D eigenvalue weighted by Gasteiger charge is 2.26. The second-order valence-corrected chi connectivity index (χ2v) is 8.25. The lowest BCUT2D eigenvalue weighted by Gasteiger charge is -2.27. The van der Waals surface area contributed by atoms with Crippen molar-refractivity contribution < 1.29 is 28.7 Å². The molecule has 0 aliphatic carbocycles. The summed E-state index contributed by atoms with van der Waals surface area (Å²) in [6, 6.07) is 12.7. The SMILES string of the molecule is Cc1cc(C(=O)COC(=O)c2cc(Cl)ccc2[N+](=O)[O-])c(C)n1C[C@@H]1COc2ccccc2O1. The number of carbonyl (C=O) groups excluding carboxylic acids is 2. The van der Waals surface area contributed by atoms with Gasteiger partial charge < -0.3 is 18.8 Å². The van der Waals surface area contributed by atoms with Gasteiger partial charge in [-0.05, 0) is 44.2 Å². The molecule has 1 aliphatic heterocycles. The molecule has 4 rings (SSSR count). The normalized spacial score (nSPS) is 14.5. The van der Waals surface area contributed by atoms with Crippen LogP contribution in [0.1, 0.15) is 32.1 Å². The molecular formula is C24H21ClN2O7. The Labute approximate surface area is 199 Å². The van der Waals surface area contributed by atoms with Gasteiger partial charge in [-0.3, -0.25) is 14.9 Å². The van der Waals surface area contributed by atoms with E-state index in [1.54, 1.807) is 13.0 Å². The van der Waals surface area contributed by atoms with E-state index in [9.17, 15) is 19.7 Å². The zero-order valence-corrected chi connectivity index (χ0v) is 19.2. The van der Waals surface area contributed by atoms with E-state index in [2.05, 4.69) is 0 Å². The van der Waals surface area contributed by atoms with Crippen molar-refractivity contribution in [1.29, 1.82) is 0 Å². The number of nitro benzene ring substituents is 1. The lowest BCUT2D eigenvalue weighted by Crippen LogP contribution is -2.33. The maximum atomic E-state index is 12.8. The number of fused-ring (bicyclic) bond motifs is 1. The molecule has 2 aromatic carbocycles. The first kappa shape index (κ1) is 23.3. The second kappa shape index (κ2) is 9.56. The predicted octanol–water partition coefficient (Wildman–Crippen LogP) is 4.55. The van der Waals surface area contributed by atoms with Crippen LogP contribution in [0.2, 0.25) is 5.02 Å². The number of Topliss-reactive ketones (excluding diaryl/α,β-unsaturated/α-hetero) is 1. The number of hydrogen-bond donors (Lipinski definition) is 0. The van der Waals surface area contributed by atoms with Gasteiger partial charge >= 0.3 is 5.97 Å². The first-order valence-electron chi connectivity index (χ1n) is 10.4. The standard InChI is InChI=1S/C24H21ClN2O7/c1-14-9-18(15(2)26(14)11-17-12-32-22-5-3-4-6-23(22)34-17)21(28)13-33-24(29)19-10-16(25)7-8-20(19)27(30)31/h3-10,17H,11-13H2,1-2H3/t17-/m1/s1. The maximum Gasteiger partial charge on any atom is 0.345 e. The smallest absolute Gasteiger partial charge is 0.345 e. The van der Waals surface area contributed by atoms with Crippen LogP contribution in [0.25, 0.3) is 0 Å². The van der Waals surface area contributed by atoms with Crippen molar-refractivity contribution in [3.63, 3.8) is 0 Å². The summed E-state index contributed by atoms with van der Waals surface area (Å²) in [7, 11) is 0. The van der Waals surface area contributed by atoms with Crippen LogP contribution >= 0.6 is 11.6 Å². The average Bonchev–Trinajstić information content (AvgIpc) is 3.10. The summed E-state index contributed by atoms with van der Waals surface area (Å²) in [5, 5.41) is 11.3. The third-order valence-corrected chi connectivity index (χ3v) is 5.77. The minimum atomic E-state index is -0.997. The zero-order valence-electron chi connectivity index (χ0n) is 18.4. The molecule has 0 N–H and O–H groups in total. The number of nitrogens with zero attached hydrogens (tertiary/aromatic N) is 2. The Morgan fingerprint density at radius 1 is 1.15 bits per heavy atom. The molecule has 176 valence electrons. The Hall–Kier alpha value is -3.85. The third kappa shape index (κ3) is 4.74. The highest BCUT2D eigenvalue weighted by molar-refractivity contribution is 6.31. The van der Waals surface area contributed by atoms with Gasteiger partial charge in [0.25, 0.3) is 5.69 Å². The minimum Gasteiger partial charge on any atom is -0.486 e. The Morgan fingerprint density at radius 3 is 2.62 bits per heavy atom. The topological polar surface area (TPSA) is 110 Å². The van der Waals surface area contributed by atoms with Crippen molar-refractivity contribution >= 4 is 29.0 Å². The lowest BCUT2D eigenvalue weighted by molar-refractivity contribution is -0.385. The van der Waals surface area contributed by atoms with Gasteiger partial charge in [0.15, 0.2) is 24.2 Å². The van der Waals surface area contributed by atoms with Gasteiger partial charge in [0.1, 0.15) is 12.2 Å². The number of rotatable bonds is 7. The number of ether oxygens (including phenoxy) is 3. The summed E-state index contributed by atoms with van der Waals surface area (Å²) in [5.74, 6) is -0.0665. The van der Waals surface area contributed by atoms with Crippen molar-refractivity contribution in [2.75, 3.05) is 13.2 Å². The number of para-hydroxylation sites is 2. The molecule has 0 amide bonds. The van der Waals surface area contributed by atoms with Crippen molar-refractivity contribution in [2.45, 2.75) is 26.5 Å². The highest BCUT2D eigenvalue weighted by Crippen LogP contribution is 2.31. The zero-order chi connectivity index (χ0) is 24.4. The summed E-state index contributed by atoms with van der Waals surface area (Å²) in [5.41, 5.74) is 1.15. The third-order valence-electron chi connectivity index (χ3n) is 5.54. The van der Waals surface area contributed by atoms with Crippen LogP contribution in [0.4, 0.5) is 5.69 Å². The molecule has 0 bridgehead atoms. The fourth-order valence-corrected chi connectivity index (χ4v) is 4.01. The molecule has 0 unspecified atom stereocenters. The number of hydrogen-bond acceptors (Lipinski definition) is 7. The molecule has 1 aliphatic rings. The Bertz CT molecular complexity index is 1280. The van der Waals surface area contributed by atoms with Gasteiger partial charge in [-0.1, -0.05) is 23.7 Å². The molecule has 1 atom stereocenters. The van der Waals surface area contributed by atoms with Crippen LogP contribution in [-0.2, 0) is 11.3 Å². The van der Waals surface area contributed by atoms with Crippen LogP contribution in [0.15, 0.2) is 48.5 Å². The second-order valence-electron chi connectivity index (χ2n) is 7.81. The molecule has 1 aromatic heterocycles. The van der Waals surface area contributed by atoms with Gasteiger partial charge in [-0.2, -0.15) is 0 Å². The average molecular weight is 485 g/mol. The van der Waals surface area contributed by atoms with Crippen LogP contribution in [0, 0.1) is 24.0 Å². The van der Waals surface area contributed by atoms with E-state index in [1.165, 1.54) is 6.07 Å². The van der Waals surface area contributed by atoms with Gasteiger partial charge in [0, 0.05) is 28.0 Å². The summed E-state index contributed by atoms with van der Waals surface area (Å²) >= 11 is 5.85. The summed E-state index contributed by atoms with van der Waals surface area (Å²) in [4.78, 5) is 35.7. The largest absolute Gasteiger partial charge is 0.486 e. The highest BCUT2D eigenvalue weighted by atomic mass is 35.5. The van der Waals surface area contributed by atoms with Crippen molar-refractivity contribution in [1.82, 2.24) is 4.57 Å². The Balaban J connectivity index is 1.44. The van der Waals surface area contributed by atoms with Gasteiger partial charge in [0.05, 0.1) is 11.5 Å². The molecule has 2 heterocycles. The number of benzene rings is 2. The number of carbonyl (C=O) groups is 2. The van der Waals surface area contributed by atoms with Crippen molar-refractivity contribution in [2.24, 2.45) is 0 Å². The molecule has 0 saturated heterocycles. The van der Waals surface area contributed by atoms with E-state index < -0.39 is 29.0 Å². The van der Waals surface area contributed by atoms with E-state index in [4.69, 9.17) is 25.8 Å². The van der Waals surface area contributed by atoms with Crippen LogP contribution < -0.4 is 9.47 Å². The van der Waals surface area contributed by atoms with Crippen LogP contribution in [-0.4, -0.2) is 40.6 Å². The van der Waals surface area contributed by atoms with Gasteiger partial charge in [-0.25, -0.2) is 4.79 Å². The number of aryl methyl sites for hydroxylation is 1. The van der Waals surface area contributed by atoms with Crippen molar-refractivity contribution in [3.05, 3.63) is 86.2 Å². The summed E-state index contributed by atoms with van der Waals surface area (Å²) < 4.78 is 18.8. The molecule has 9 nitrogen and oxygen atoms in total. The molecule has 0 fully saturated rings. The first-order valence-corrected chi connectivity index (χ1v) is 10.8. The van der Waals surface area contributed by atoms with E-state index >= 15 is 0 Å². The quantitative estimate of drug-likeness (QED) is 0.209. The van der Waals surface area contributed by atoms with E-state index in [0.717, 1.165) is 17.8 Å². The molecule has 10 heteroatoms. The first-order chi connectivity index (χ1) is 16.2. The summed E-state index contributed by atoms with van der Waals surface area (Å²) in [6.07, 6.45) is -0.246. The van der Waals surface area contributed by atoms with Crippen LogP contribution in [0.3, 0.4) is 0 Å². The van der Waals surface area contributed by atoms with E-state index in [-0.39, 0.29) is 16.7 Å². The molecule has 0 spiro atoms. The van der Waals surface area contributed by atoms with Crippen LogP contribution in [0.5, 0.6) is 11.5 Å². The summed E-state index contributed by atoms with van der Waals surface area (Å²) in [6.45, 7) is 3.93. The van der Waals surface area contributed by atoms with E-state index in [1.807, 2.05) is 35.8 Å². The number of aromatic nitrogens is 1. The fourth-order valence-electron chi connectivity index (χ4n) is 3.84. The Morgan fingerprint density at radius 2 is 1.88 bits per heavy atom. The Kier molecular flexibility index (Phi) is 6.56. The minimum absolute atomic E-state index is 0.143. The fraction of sp³-hybridized carbons (Fsp3) is 0.250. The molecule has 3 aromatic rings. The maximum absolute atomic E-state index is 12.8. The molecule has 0 radical (unpaired) electrons. The lowest BCUT2D eigenvalue weighted by atomic mass is 10.1. The van der Waals surface area contributed by atoms with Gasteiger partial charge in [0.2, 0.25) is 5.78 Å². The molecule has 34 heavy (non-hydrogen) atoms. The number of nitro groups is 1. The molecular weight excluding hydrogens is 464 g/mol. The predicted molar refractivity (Wildman–Crippen MR) is 123 cm³/mol. The molecule has 0 saturated carbocycles.